The van der Waals surface area contributed by atoms with Crippen molar-refractivity contribution >= 4 is 11.9 Å². The van der Waals surface area contributed by atoms with E-state index in [1.807, 2.05) is 0 Å². The van der Waals surface area contributed by atoms with Gasteiger partial charge in [0.05, 0.1) is 0 Å². The zero-order chi connectivity index (χ0) is 14.2. The molecule has 1 aliphatic carbocycles. The van der Waals surface area contributed by atoms with E-state index in [-0.39, 0.29) is 0 Å². The van der Waals surface area contributed by atoms with Crippen LogP contribution in [0.1, 0.15) is 69.4 Å². The number of rotatable bonds is 6. The molecule has 1 aromatic carbocycles. The summed E-state index contributed by atoms with van der Waals surface area (Å²) in [5, 5.41) is 0. The number of allylic oxidation sites excluding steroid dienone is 1. The minimum Gasteiger partial charge on any atom is -0.295 e. The molecular weight excluding hydrogens is 244 g/mol. The standard InChI is InChI=1S/C19H26O/c1-2-3-4-5-9-16-10-8-11-17(14-16)15-18-12-6-7-13-19(18)20/h8,10-11,14-15H,2-7,9,12-13H2,1H3/b18-15+. The van der Waals surface area contributed by atoms with Gasteiger partial charge in [-0.25, -0.2) is 0 Å². The fourth-order valence-corrected chi connectivity index (χ4v) is 2.85. The quantitative estimate of drug-likeness (QED) is 0.504. The summed E-state index contributed by atoms with van der Waals surface area (Å²) in [4.78, 5) is 11.9. The van der Waals surface area contributed by atoms with Gasteiger partial charge in [0.15, 0.2) is 5.78 Å². The molecule has 1 aliphatic rings. The summed E-state index contributed by atoms with van der Waals surface area (Å²) < 4.78 is 0. The third-order valence-electron chi connectivity index (χ3n) is 4.07. The minimum absolute atomic E-state index is 0.351. The molecule has 0 aliphatic heterocycles. The van der Waals surface area contributed by atoms with E-state index in [1.54, 1.807) is 0 Å². The molecule has 1 saturated carbocycles. The smallest absolute Gasteiger partial charge is 0.158 e. The molecule has 1 nitrogen and oxygen atoms in total. The number of carbonyl (C=O) groups excluding carboxylic acids is 1. The lowest BCUT2D eigenvalue weighted by Crippen LogP contribution is -2.07. The lowest BCUT2D eigenvalue weighted by Gasteiger charge is -2.12. The van der Waals surface area contributed by atoms with Crippen molar-refractivity contribution in [2.75, 3.05) is 0 Å². The second-order valence-corrected chi connectivity index (χ2v) is 5.86. The maximum atomic E-state index is 11.9. The Morgan fingerprint density at radius 1 is 1.10 bits per heavy atom. The van der Waals surface area contributed by atoms with Gasteiger partial charge in [0, 0.05) is 6.42 Å². The molecule has 1 fully saturated rings. The second-order valence-electron chi connectivity index (χ2n) is 5.86. The Bertz CT molecular complexity index is 470. The molecule has 20 heavy (non-hydrogen) atoms. The summed E-state index contributed by atoms with van der Waals surface area (Å²) in [6.07, 6.45) is 12.4. The number of ketones is 1. The van der Waals surface area contributed by atoms with Crippen molar-refractivity contribution in [2.45, 2.75) is 64.7 Å². The van der Waals surface area contributed by atoms with Gasteiger partial charge in [-0.3, -0.25) is 4.79 Å². The predicted octanol–water partition coefficient (Wildman–Crippen LogP) is 5.34. The van der Waals surface area contributed by atoms with Crippen LogP contribution in [0.5, 0.6) is 0 Å². The highest BCUT2D eigenvalue weighted by Gasteiger charge is 2.14. The first-order valence-corrected chi connectivity index (χ1v) is 8.12. The summed E-state index contributed by atoms with van der Waals surface area (Å²) in [5.74, 6) is 0.351. The molecule has 0 spiro atoms. The van der Waals surface area contributed by atoms with Crippen LogP contribution in [0.15, 0.2) is 29.8 Å². The molecule has 108 valence electrons. The Hall–Kier alpha value is -1.37. The van der Waals surface area contributed by atoms with Crippen molar-refractivity contribution in [3.8, 4) is 0 Å². The van der Waals surface area contributed by atoms with Crippen molar-refractivity contribution in [3.05, 3.63) is 41.0 Å². The lowest BCUT2D eigenvalue weighted by atomic mass is 9.92. The topological polar surface area (TPSA) is 17.1 Å². The monoisotopic (exact) mass is 270 g/mol. The number of unbranched alkanes of at least 4 members (excludes halogenated alkanes) is 3. The highest BCUT2D eigenvalue weighted by atomic mass is 16.1. The first-order valence-electron chi connectivity index (χ1n) is 8.12. The molecule has 0 radical (unpaired) electrons. The molecule has 0 atom stereocenters. The van der Waals surface area contributed by atoms with Gasteiger partial charge in [-0.2, -0.15) is 0 Å². The highest BCUT2D eigenvalue weighted by Crippen LogP contribution is 2.22. The normalized spacial score (nSPS) is 17.6. The highest BCUT2D eigenvalue weighted by molar-refractivity contribution is 6.00. The van der Waals surface area contributed by atoms with E-state index in [0.717, 1.165) is 37.7 Å². The number of hydrogen-bond donors (Lipinski definition) is 0. The zero-order valence-electron chi connectivity index (χ0n) is 12.7. The first-order chi connectivity index (χ1) is 9.79. The van der Waals surface area contributed by atoms with Gasteiger partial charge >= 0.3 is 0 Å². The average molecular weight is 270 g/mol. The third kappa shape index (κ3) is 4.63. The summed E-state index contributed by atoms with van der Waals surface area (Å²) in [6.45, 7) is 2.24. The zero-order valence-corrected chi connectivity index (χ0v) is 12.7. The van der Waals surface area contributed by atoms with Crippen molar-refractivity contribution in [1.29, 1.82) is 0 Å². The van der Waals surface area contributed by atoms with Crippen molar-refractivity contribution < 1.29 is 4.79 Å². The fraction of sp³-hybridized carbons (Fsp3) is 0.526. The summed E-state index contributed by atoms with van der Waals surface area (Å²) in [6, 6.07) is 8.69. The number of Topliss-reactive ketones (excluding diaryl/α,β-unsaturated/α-hetero) is 1. The minimum atomic E-state index is 0.351. The van der Waals surface area contributed by atoms with Gasteiger partial charge in [0.25, 0.3) is 0 Å². The largest absolute Gasteiger partial charge is 0.295 e. The number of hydrogen-bond acceptors (Lipinski definition) is 1. The molecule has 0 amide bonds. The summed E-state index contributed by atoms with van der Waals surface area (Å²) in [7, 11) is 0. The van der Waals surface area contributed by atoms with Crippen molar-refractivity contribution in [2.24, 2.45) is 0 Å². The van der Waals surface area contributed by atoms with Gasteiger partial charge in [-0.05, 0) is 54.9 Å². The second kappa shape index (κ2) is 8.04. The van der Waals surface area contributed by atoms with Crippen LogP contribution in [-0.4, -0.2) is 5.78 Å². The third-order valence-corrected chi connectivity index (χ3v) is 4.07. The van der Waals surface area contributed by atoms with Gasteiger partial charge in [-0.1, -0.05) is 50.5 Å². The van der Waals surface area contributed by atoms with Crippen LogP contribution in [-0.2, 0) is 11.2 Å². The summed E-state index contributed by atoms with van der Waals surface area (Å²) in [5.41, 5.74) is 3.63. The van der Waals surface area contributed by atoms with E-state index in [9.17, 15) is 4.79 Å². The van der Waals surface area contributed by atoms with Crippen LogP contribution >= 0.6 is 0 Å². The number of carbonyl (C=O) groups is 1. The summed E-state index contributed by atoms with van der Waals surface area (Å²) >= 11 is 0. The molecule has 0 unspecified atom stereocenters. The van der Waals surface area contributed by atoms with E-state index in [4.69, 9.17) is 0 Å². The van der Waals surface area contributed by atoms with Crippen molar-refractivity contribution in [1.82, 2.24) is 0 Å². The molecular formula is C19H26O. The first kappa shape index (κ1) is 15.0. The van der Waals surface area contributed by atoms with E-state index >= 15 is 0 Å². The van der Waals surface area contributed by atoms with Crippen LogP contribution in [0.2, 0.25) is 0 Å². The molecule has 0 heterocycles. The van der Waals surface area contributed by atoms with Crippen LogP contribution in [0.3, 0.4) is 0 Å². The molecule has 0 bridgehead atoms. The van der Waals surface area contributed by atoms with Crippen LogP contribution in [0.4, 0.5) is 0 Å². The van der Waals surface area contributed by atoms with E-state index in [2.05, 4.69) is 37.3 Å². The van der Waals surface area contributed by atoms with E-state index in [1.165, 1.54) is 36.8 Å². The Morgan fingerprint density at radius 3 is 2.75 bits per heavy atom. The van der Waals surface area contributed by atoms with Crippen LogP contribution < -0.4 is 0 Å². The Balaban J connectivity index is 1.98. The average Bonchev–Trinajstić information content (AvgIpc) is 2.47. The molecule has 1 heteroatoms. The Labute approximate surface area is 123 Å². The fourth-order valence-electron chi connectivity index (χ4n) is 2.85. The number of aryl methyl sites for hydroxylation is 1. The number of benzene rings is 1. The van der Waals surface area contributed by atoms with E-state index < -0.39 is 0 Å². The van der Waals surface area contributed by atoms with Crippen LogP contribution in [0.25, 0.3) is 6.08 Å². The van der Waals surface area contributed by atoms with Gasteiger partial charge in [0.2, 0.25) is 0 Å². The van der Waals surface area contributed by atoms with Crippen molar-refractivity contribution in [3.63, 3.8) is 0 Å². The van der Waals surface area contributed by atoms with E-state index in [0.29, 0.717) is 5.78 Å². The van der Waals surface area contributed by atoms with Crippen LogP contribution in [0, 0.1) is 0 Å². The maximum absolute atomic E-state index is 11.9. The SMILES string of the molecule is CCCCCCc1cccc(/C=C2\CCCCC2=O)c1. The Morgan fingerprint density at radius 2 is 1.95 bits per heavy atom. The van der Waals surface area contributed by atoms with Gasteiger partial charge < -0.3 is 0 Å². The maximum Gasteiger partial charge on any atom is 0.158 e. The van der Waals surface area contributed by atoms with Gasteiger partial charge in [0.1, 0.15) is 0 Å². The molecule has 0 N–H and O–H groups in total. The lowest BCUT2D eigenvalue weighted by molar-refractivity contribution is -0.116. The molecule has 2 rings (SSSR count). The molecule has 0 aromatic heterocycles. The molecule has 1 aromatic rings. The predicted molar refractivity (Wildman–Crippen MR) is 85.7 cm³/mol. The van der Waals surface area contributed by atoms with Gasteiger partial charge in [-0.15, -0.1) is 0 Å². The Kier molecular flexibility index (Phi) is 6.04. The molecule has 0 saturated heterocycles.